The number of H-pyrrole nitrogens is 1. The highest BCUT2D eigenvalue weighted by molar-refractivity contribution is 5.84. The molecule has 1 rings (SSSR count). The van der Waals surface area contributed by atoms with E-state index < -0.39 is 17.8 Å². The van der Waals surface area contributed by atoms with Crippen LogP contribution < -0.4 is 5.32 Å². The fraction of sp³-hybridized carbons (Fsp3) is 0.556. The van der Waals surface area contributed by atoms with Crippen molar-refractivity contribution in [2.75, 3.05) is 0 Å². The van der Waals surface area contributed by atoms with E-state index in [-0.39, 0.29) is 12.5 Å². The molecule has 1 amide bonds. The number of hydrogen-bond donors (Lipinski definition) is 3. The van der Waals surface area contributed by atoms with Crippen LogP contribution in [0.5, 0.6) is 0 Å². The highest BCUT2D eigenvalue weighted by Crippen LogP contribution is 2.10. The molecule has 0 saturated carbocycles. The fourth-order valence-corrected chi connectivity index (χ4v) is 1.09. The molecule has 0 saturated heterocycles. The van der Waals surface area contributed by atoms with Gasteiger partial charge in [-0.2, -0.15) is 5.10 Å². The van der Waals surface area contributed by atoms with Crippen LogP contribution in [-0.2, 0) is 16.1 Å². The Morgan fingerprint density at radius 2 is 2.19 bits per heavy atom. The SMILES string of the molecule is CC(C(=O)O)C(C)C(=O)NCc1ncn[nH]1. The third kappa shape index (κ3) is 3.04. The molecule has 16 heavy (non-hydrogen) atoms. The van der Waals surface area contributed by atoms with Gasteiger partial charge in [0.2, 0.25) is 5.91 Å². The van der Waals surface area contributed by atoms with Crippen molar-refractivity contribution in [2.24, 2.45) is 11.8 Å². The number of carboxylic acid groups (broad SMARTS) is 1. The van der Waals surface area contributed by atoms with E-state index in [0.717, 1.165) is 0 Å². The number of carbonyl (C=O) groups excluding carboxylic acids is 1. The van der Waals surface area contributed by atoms with Gasteiger partial charge in [-0.05, 0) is 0 Å². The molecule has 7 heteroatoms. The van der Waals surface area contributed by atoms with Crippen LogP contribution in [0.2, 0.25) is 0 Å². The summed E-state index contributed by atoms with van der Waals surface area (Å²) in [5.74, 6) is -2.06. The van der Waals surface area contributed by atoms with Crippen LogP contribution in [0.4, 0.5) is 0 Å². The van der Waals surface area contributed by atoms with Gasteiger partial charge >= 0.3 is 5.97 Å². The smallest absolute Gasteiger partial charge is 0.307 e. The molecule has 0 aliphatic heterocycles. The third-order valence-corrected chi connectivity index (χ3v) is 2.45. The number of nitrogens with one attached hydrogen (secondary N) is 2. The second-order valence-electron chi connectivity index (χ2n) is 3.57. The van der Waals surface area contributed by atoms with Crippen molar-refractivity contribution in [3.63, 3.8) is 0 Å². The first kappa shape index (κ1) is 12.2. The zero-order valence-corrected chi connectivity index (χ0v) is 9.10. The summed E-state index contributed by atoms with van der Waals surface area (Å²) in [6.45, 7) is 3.30. The first-order valence-electron chi connectivity index (χ1n) is 4.87. The van der Waals surface area contributed by atoms with E-state index >= 15 is 0 Å². The zero-order valence-electron chi connectivity index (χ0n) is 9.10. The monoisotopic (exact) mass is 226 g/mol. The predicted octanol–water partition coefficient (Wildman–Crippen LogP) is -0.222. The lowest BCUT2D eigenvalue weighted by molar-refractivity contribution is -0.146. The lowest BCUT2D eigenvalue weighted by Gasteiger charge is -2.14. The Labute approximate surface area is 92.3 Å². The van der Waals surface area contributed by atoms with Crippen LogP contribution in [0, 0.1) is 11.8 Å². The molecule has 2 atom stereocenters. The zero-order chi connectivity index (χ0) is 12.1. The first-order valence-corrected chi connectivity index (χ1v) is 4.87. The van der Waals surface area contributed by atoms with Crippen molar-refractivity contribution >= 4 is 11.9 Å². The molecule has 7 nitrogen and oxygen atoms in total. The Bertz CT molecular complexity index is 363. The van der Waals surface area contributed by atoms with Crippen molar-refractivity contribution in [1.29, 1.82) is 0 Å². The molecule has 1 heterocycles. The Balaban J connectivity index is 2.43. The summed E-state index contributed by atoms with van der Waals surface area (Å²) in [5.41, 5.74) is 0. The number of carboxylic acids is 1. The molecule has 0 radical (unpaired) electrons. The molecule has 0 spiro atoms. The Morgan fingerprint density at radius 1 is 1.50 bits per heavy atom. The fourth-order valence-electron chi connectivity index (χ4n) is 1.09. The van der Waals surface area contributed by atoms with Gasteiger partial charge in [0.1, 0.15) is 12.2 Å². The summed E-state index contributed by atoms with van der Waals surface area (Å²) in [5, 5.41) is 17.5. The summed E-state index contributed by atoms with van der Waals surface area (Å²) in [4.78, 5) is 26.0. The van der Waals surface area contributed by atoms with Crippen LogP contribution >= 0.6 is 0 Å². The third-order valence-electron chi connectivity index (χ3n) is 2.45. The number of amides is 1. The standard InChI is InChI=1S/C9H14N4O3/c1-5(6(2)9(15)16)8(14)10-3-7-11-4-12-13-7/h4-6H,3H2,1-2H3,(H,10,14)(H,15,16)(H,11,12,13). The van der Waals surface area contributed by atoms with Crippen molar-refractivity contribution in [2.45, 2.75) is 20.4 Å². The van der Waals surface area contributed by atoms with Gasteiger partial charge in [-0.3, -0.25) is 14.7 Å². The van der Waals surface area contributed by atoms with Crippen LogP contribution in [0.25, 0.3) is 0 Å². The molecule has 3 N–H and O–H groups in total. The molecule has 2 unspecified atom stereocenters. The van der Waals surface area contributed by atoms with Crippen molar-refractivity contribution in [3.8, 4) is 0 Å². The van der Waals surface area contributed by atoms with Gasteiger partial charge in [0.15, 0.2) is 0 Å². The summed E-state index contributed by atoms with van der Waals surface area (Å²) in [7, 11) is 0. The topological polar surface area (TPSA) is 108 Å². The van der Waals surface area contributed by atoms with Crippen molar-refractivity contribution < 1.29 is 14.7 Å². The number of aliphatic carboxylic acids is 1. The van der Waals surface area contributed by atoms with Crippen molar-refractivity contribution in [3.05, 3.63) is 12.2 Å². The number of aromatic amines is 1. The molecule has 0 aliphatic rings. The summed E-state index contributed by atoms with van der Waals surface area (Å²) >= 11 is 0. The normalized spacial score (nSPS) is 14.1. The molecule has 0 aromatic carbocycles. The van der Waals surface area contributed by atoms with Crippen LogP contribution in [-0.4, -0.2) is 32.2 Å². The minimum atomic E-state index is -0.984. The van der Waals surface area contributed by atoms with E-state index in [1.165, 1.54) is 13.3 Å². The van der Waals surface area contributed by atoms with Gasteiger partial charge < -0.3 is 10.4 Å². The molecular formula is C9H14N4O3. The Kier molecular flexibility index (Phi) is 3.98. The maximum atomic E-state index is 11.5. The summed E-state index contributed by atoms with van der Waals surface area (Å²) in [6.07, 6.45) is 1.34. The van der Waals surface area contributed by atoms with E-state index in [2.05, 4.69) is 20.5 Å². The van der Waals surface area contributed by atoms with Gasteiger partial charge in [-0.25, -0.2) is 4.98 Å². The van der Waals surface area contributed by atoms with Crippen molar-refractivity contribution in [1.82, 2.24) is 20.5 Å². The van der Waals surface area contributed by atoms with E-state index in [4.69, 9.17) is 5.11 Å². The minimum Gasteiger partial charge on any atom is -0.481 e. The quantitative estimate of drug-likeness (QED) is 0.643. The molecule has 0 fully saturated rings. The van der Waals surface area contributed by atoms with Crippen LogP contribution in [0.15, 0.2) is 6.33 Å². The lowest BCUT2D eigenvalue weighted by Crippen LogP contribution is -2.35. The maximum absolute atomic E-state index is 11.5. The lowest BCUT2D eigenvalue weighted by atomic mass is 9.95. The van der Waals surface area contributed by atoms with Gasteiger partial charge in [0.25, 0.3) is 0 Å². The van der Waals surface area contributed by atoms with Gasteiger partial charge in [-0.1, -0.05) is 13.8 Å². The van der Waals surface area contributed by atoms with Crippen LogP contribution in [0.3, 0.4) is 0 Å². The Hall–Kier alpha value is -1.92. The second kappa shape index (κ2) is 5.24. The Morgan fingerprint density at radius 3 is 2.69 bits per heavy atom. The van der Waals surface area contributed by atoms with E-state index in [1.54, 1.807) is 6.92 Å². The highest BCUT2D eigenvalue weighted by Gasteiger charge is 2.25. The molecular weight excluding hydrogens is 212 g/mol. The van der Waals surface area contributed by atoms with E-state index in [9.17, 15) is 9.59 Å². The van der Waals surface area contributed by atoms with Gasteiger partial charge in [0.05, 0.1) is 12.5 Å². The van der Waals surface area contributed by atoms with Gasteiger partial charge in [0, 0.05) is 5.92 Å². The average molecular weight is 226 g/mol. The van der Waals surface area contributed by atoms with E-state index in [1.807, 2.05) is 0 Å². The molecule has 1 aromatic rings. The van der Waals surface area contributed by atoms with Crippen LogP contribution in [0.1, 0.15) is 19.7 Å². The predicted molar refractivity (Wildman–Crippen MR) is 54.2 cm³/mol. The molecule has 0 bridgehead atoms. The summed E-state index contributed by atoms with van der Waals surface area (Å²) < 4.78 is 0. The molecule has 1 aromatic heterocycles. The number of aromatic nitrogens is 3. The molecule has 0 aliphatic carbocycles. The number of carbonyl (C=O) groups is 2. The van der Waals surface area contributed by atoms with Gasteiger partial charge in [-0.15, -0.1) is 0 Å². The first-order chi connectivity index (χ1) is 7.52. The number of rotatable bonds is 5. The van der Waals surface area contributed by atoms with E-state index in [0.29, 0.717) is 5.82 Å². The number of nitrogens with zero attached hydrogens (tertiary/aromatic N) is 2. The minimum absolute atomic E-state index is 0.218. The largest absolute Gasteiger partial charge is 0.481 e. The average Bonchev–Trinajstić information content (AvgIpc) is 2.76. The maximum Gasteiger partial charge on any atom is 0.307 e. The number of hydrogen-bond acceptors (Lipinski definition) is 4. The second-order valence-corrected chi connectivity index (χ2v) is 3.57. The molecule has 88 valence electrons. The highest BCUT2D eigenvalue weighted by atomic mass is 16.4. The summed E-state index contributed by atoms with van der Waals surface area (Å²) in [6, 6.07) is 0.